The van der Waals surface area contributed by atoms with Crippen molar-refractivity contribution in [1.29, 1.82) is 0 Å². The Labute approximate surface area is 91.7 Å². The van der Waals surface area contributed by atoms with Crippen LogP contribution in [0.1, 0.15) is 55.2 Å². The van der Waals surface area contributed by atoms with Gasteiger partial charge in [-0.2, -0.15) is 0 Å². The molecule has 1 aromatic rings. The van der Waals surface area contributed by atoms with E-state index in [0.717, 1.165) is 5.82 Å². The molecule has 0 aromatic carbocycles. The van der Waals surface area contributed by atoms with Crippen molar-refractivity contribution in [3.8, 4) is 0 Å². The Morgan fingerprint density at radius 3 is 2.53 bits per heavy atom. The van der Waals surface area contributed by atoms with Gasteiger partial charge in [0.25, 0.3) is 0 Å². The summed E-state index contributed by atoms with van der Waals surface area (Å²) in [6, 6.07) is 0. The normalized spacial score (nSPS) is 18.3. The number of hydrogen-bond donors (Lipinski definition) is 1. The molecule has 1 fully saturated rings. The first-order valence-corrected chi connectivity index (χ1v) is 5.96. The van der Waals surface area contributed by atoms with Crippen LogP contribution < -0.4 is 5.73 Å². The molecule has 84 valence electrons. The predicted molar refractivity (Wildman–Crippen MR) is 61.7 cm³/mol. The molecule has 1 heterocycles. The fraction of sp³-hybridized carbons (Fsp3) is 0.750. The Kier molecular flexibility index (Phi) is 3.10. The highest BCUT2D eigenvalue weighted by Crippen LogP contribution is 2.33. The largest absolute Gasteiger partial charge is 0.334 e. The summed E-state index contributed by atoms with van der Waals surface area (Å²) >= 11 is 0. The van der Waals surface area contributed by atoms with Crippen LogP contribution in [0.4, 0.5) is 0 Å². The zero-order valence-electron chi connectivity index (χ0n) is 9.79. The van der Waals surface area contributed by atoms with Gasteiger partial charge < -0.3 is 10.3 Å². The van der Waals surface area contributed by atoms with Gasteiger partial charge in [-0.1, -0.05) is 19.3 Å². The Morgan fingerprint density at radius 1 is 1.33 bits per heavy atom. The Hall–Kier alpha value is -0.830. The van der Waals surface area contributed by atoms with Gasteiger partial charge in [0.05, 0.1) is 12.2 Å². The van der Waals surface area contributed by atoms with Gasteiger partial charge in [-0.25, -0.2) is 4.98 Å². The highest BCUT2D eigenvalue weighted by molar-refractivity contribution is 5.20. The van der Waals surface area contributed by atoms with E-state index in [0.29, 0.717) is 12.5 Å². The second-order valence-corrected chi connectivity index (χ2v) is 4.60. The summed E-state index contributed by atoms with van der Waals surface area (Å²) in [5.74, 6) is 1.71. The van der Waals surface area contributed by atoms with Crippen LogP contribution in [0.5, 0.6) is 0 Å². The maximum atomic E-state index is 5.68. The molecule has 2 rings (SSSR count). The highest BCUT2D eigenvalue weighted by Gasteiger charge is 2.21. The van der Waals surface area contributed by atoms with E-state index in [1.165, 1.54) is 43.5 Å². The Bertz CT molecular complexity index is 335. The third-order valence-corrected chi connectivity index (χ3v) is 3.68. The zero-order valence-corrected chi connectivity index (χ0v) is 9.79. The first-order chi connectivity index (χ1) is 7.24. The number of rotatable bonds is 2. The minimum absolute atomic E-state index is 0.546. The van der Waals surface area contributed by atoms with Crippen LogP contribution in [0.15, 0.2) is 0 Å². The minimum atomic E-state index is 0.546. The summed E-state index contributed by atoms with van der Waals surface area (Å²) in [7, 11) is 2.07. The Morgan fingerprint density at radius 2 is 2.00 bits per heavy atom. The minimum Gasteiger partial charge on any atom is -0.334 e. The van der Waals surface area contributed by atoms with Gasteiger partial charge in [0.1, 0.15) is 5.82 Å². The molecular formula is C12H21N3. The molecule has 0 unspecified atom stereocenters. The van der Waals surface area contributed by atoms with E-state index in [9.17, 15) is 0 Å². The van der Waals surface area contributed by atoms with Gasteiger partial charge in [-0.05, 0) is 19.8 Å². The van der Waals surface area contributed by atoms with E-state index in [2.05, 4.69) is 23.5 Å². The molecule has 0 radical (unpaired) electrons. The molecule has 15 heavy (non-hydrogen) atoms. The molecule has 3 heteroatoms. The van der Waals surface area contributed by atoms with Crippen molar-refractivity contribution in [3.63, 3.8) is 0 Å². The van der Waals surface area contributed by atoms with E-state index in [4.69, 9.17) is 5.73 Å². The topological polar surface area (TPSA) is 43.8 Å². The lowest BCUT2D eigenvalue weighted by atomic mass is 9.86. The monoisotopic (exact) mass is 207 g/mol. The molecule has 0 atom stereocenters. The van der Waals surface area contributed by atoms with Crippen LogP contribution in [0, 0.1) is 6.92 Å². The molecule has 0 spiro atoms. The number of nitrogens with two attached hydrogens (primary N) is 1. The number of imidazole rings is 1. The van der Waals surface area contributed by atoms with Gasteiger partial charge in [-0.15, -0.1) is 0 Å². The van der Waals surface area contributed by atoms with Crippen molar-refractivity contribution >= 4 is 0 Å². The van der Waals surface area contributed by atoms with Gasteiger partial charge in [0.2, 0.25) is 0 Å². The van der Waals surface area contributed by atoms with Gasteiger partial charge >= 0.3 is 0 Å². The maximum Gasteiger partial charge on any atom is 0.122 e. The maximum absolute atomic E-state index is 5.68. The van der Waals surface area contributed by atoms with Crippen molar-refractivity contribution in [1.82, 2.24) is 9.55 Å². The fourth-order valence-electron chi connectivity index (χ4n) is 2.61. The molecule has 1 aliphatic carbocycles. The first-order valence-electron chi connectivity index (χ1n) is 5.96. The molecule has 1 aromatic heterocycles. The summed E-state index contributed by atoms with van der Waals surface area (Å²) in [6.07, 6.45) is 6.73. The van der Waals surface area contributed by atoms with E-state index in [1.807, 2.05) is 0 Å². The Balaban J connectivity index is 2.26. The third-order valence-electron chi connectivity index (χ3n) is 3.68. The van der Waals surface area contributed by atoms with Gasteiger partial charge in [-0.3, -0.25) is 0 Å². The molecule has 0 bridgehead atoms. The van der Waals surface area contributed by atoms with E-state index < -0.39 is 0 Å². The molecular weight excluding hydrogens is 186 g/mol. The number of aromatic nitrogens is 2. The summed E-state index contributed by atoms with van der Waals surface area (Å²) in [6.45, 7) is 2.71. The van der Waals surface area contributed by atoms with Crippen LogP contribution >= 0.6 is 0 Å². The van der Waals surface area contributed by atoms with E-state index >= 15 is 0 Å². The lowest BCUT2D eigenvalue weighted by Gasteiger charge is -2.20. The van der Waals surface area contributed by atoms with Crippen molar-refractivity contribution in [2.24, 2.45) is 12.8 Å². The lowest BCUT2D eigenvalue weighted by Crippen LogP contribution is -2.06. The van der Waals surface area contributed by atoms with Crippen molar-refractivity contribution < 1.29 is 0 Å². The molecule has 3 nitrogen and oxygen atoms in total. The quantitative estimate of drug-likeness (QED) is 0.808. The van der Waals surface area contributed by atoms with Crippen molar-refractivity contribution in [2.45, 2.75) is 51.5 Å². The molecule has 1 aliphatic rings. The molecule has 1 saturated carbocycles. The SMILES string of the molecule is Cc1c(C2CCCCC2)nc(CN)n1C. The lowest BCUT2D eigenvalue weighted by molar-refractivity contribution is 0.436. The standard InChI is InChI=1S/C12H21N3/c1-9-12(10-6-4-3-5-7-10)14-11(8-13)15(9)2/h10H,3-8,13H2,1-2H3. The van der Waals surface area contributed by atoms with Gasteiger partial charge in [0.15, 0.2) is 0 Å². The molecule has 2 N–H and O–H groups in total. The number of hydrogen-bond acceptors (Lipinski definition) is 2. The molecule has 0 amide bonds. The average molecular weight is 207 g/mol. The van der Waals surface area contributed by atoms with Crippen LogP contribution in [0.2, 0.25) is 0 Å². The second kappa shape index (κ2) is 4.35. The average Bonchev–Trinajstić information content (AvgIpc) is 2.57. The van der Waals surface area contributed by atoms with E-state index in [-0.39, 0.29) is 0 Å². The number of nitrogens with zero attached hydrogens (tertiary/aromatic N) is 2. The second-order valence-electron chi connectivity index (χ2n) is 4.60. The van der Waals surface area contributed by atoms with Gasteiger partial charge in [0, 0.05) is 18.7 Å². The van der Waals surface area contributed by atoms with Crippen molar-refractivity contribution in [3.05, 3.63) is 17.2 Å². The summed E-state index contributed by atoms with van der Waals surface area (Å²) in [4.78, 5) is 4.69. The summed E-state index contributed by atoms with van der Waals surface area (Å²) in [5, 5.41) is 0. The molecule has 0 saturated heterocycles. The van der Waals surface area contributed by atoms with Crippen LogP contribution in [-0.4, -0.2) is 9.55 Å². The molecule has 0 aliphatic heterocycles. The zero-order chi connectivity index (χ0) is 10.8. The smallest absolute Gasteiger partial charge is 0.122 e. The van der Waals surface area contributed by atoms with Crippen LogP contribution in [0.3, 0.4) is 0 Å². The third kappa shape index (κ3) is 1.93. The van der Waals surface area contributed by atoms with Crippen LogP contribution in [-0.2, 0) is 13.6 Å². The first kappa shape index (κ1) is 10.7. The fourth-order valence-corrected chi connectivity index (χ4v) is 2.61. The predicted octanol–water partition coefficient (Wildman–Crippen LogP) is 2.23. The van der Waals surface area contributed by atoms with E-state index in [1.54, 1.807) is 0 Å². The van der Waals surface area contributed by atoms with Crippen LogP contribution in [0.25, 0.3) is 0 Å². The summed E-state index contributed by atoms with van der Waals surface area (Å²) in [5.41, 5.74) is 8.29. The van der Waals surface area contributed by atoms with Crippen molar-refractivity contribution in [2.75, 3.05) is 0 Å². The highest BCUT2D eigenvalue weighted by atomic mass is 15.1. The summed E-state index contributed by atoms with van der Waals surface area (Å²) < 4.78 is 2.14.